The van der Waals surface area contributed by atoms with Crippen LogP contribution in [-0.2, 0) is 26.2 Å². The van der Waals surface area contributed by atoms with Gasteiger partial charge < -0.3 is 24.4 Å². The molecule has 0 heterocycles. The van der Waals surface area contributed by atoms with E-state index in [1.165, 1.54) is 49.5 Å². The molecule has 0 unspecified atom stereocenters. The van der Waals surface area contributed by atoms with Crippen molar-refractivity contribution in [3.63, 3.8) is 0 Å². The lowest BCUT2D eigenvalue weighted by atomic mass is 10.1. The van der Waals surface area contributed by atoms with Gasteiger partial charge in [0.25, 0.3) is 10.0 Å². The fourth-order valence-corrected chi connectivity index (χ4v) is 5.96. The van der Waals surface area contributed by atoms with E-state index in [1.807, 2.05) is 13.8 Å². The predicted octanol–water partition coefficient (Wildman–Crippen LogP) is 4.77. The van der Waals surface area contributed by atoms with Crippen LogP contribution >= 0.6 is 0 Å². The van der Waals surface area contributed by atoms with Gasteiger partial charge in [0.1, 0.15) is 24.2 Å². The number of sulfonamides is 1. The first-order valence-corrected chi connectivity index (χ1v) is 15.7. The third kappa shape index (κ3) is 8.19. The van der Waals surface area contributed by atoms with Crippen LogP contribution in [0.4, 0.5) is 10.1 Å². The van der Waals surface area contributed by atoms with Gasteiger partial charge in [-0.1, -0.05) is 26.0 Å². The monoisotopic (exact) mass is 629 g/mol. The van der Waals surface area contributed by atoms with E-state index in [9.17, 15) is 22.4 Å². The molecule has 0 aromatic heterocycles. The van der Waals surface area contributed by atoms with Gasteiger partial charge in [-0.25, -0.2) is 12.8 Å². The molecule has 1 N–H and O–H groups in total. The molecule has 3 aromatic rings. The largest absolute Gasteiger partial charge is 0.497 e. The Labute approximate surface area is 258 Å². The third-order valence-corrected chi connectivity index (χ3v) is 9.01. The summed E-state index contributed by atoms with van der Waals surface area (Å²) in [6.07, 6.45) is 0.972. The first-order valence-electron chi connectivity index (χ1n) is 14.2. The highest BCUT2D eigenvalue weighted by atomic mass is 32.2. The van der Waals surface area contributed by atoms with Crippen molar-refractivity contribution < 1.29 is 36.6 Å². The number of methoxy groups -OCH3 is 3. The van der Waals surface area contributed by atoms with Crippen molar-refractivity contribution in [2.75, 3.05) is 32.2 Å². The van der Waals surface area contributed by atoms with Crippen LogP contribution in [0.25, 0.3) is 0 Å². The molecule has 0 fully saturated rings. The third-order valence-electron chi connectivity index (χ3n) is 7.24. The number of halogens is 1. The fraction of sp³-hybridized carbons (Fsp3) is 0.375. The molecule has 12 heteroatoms. The quantitative estimate of drug-likeness (QED) is 0.258. The Bertz CT molecular complexity index is 1520. The van der Waals surface area contributed by atoms with Crippen LogP contribution in [0.3, 0.4) is 0 Å². The normalized spacial score (nSPS) is 12.5. The van der Waals surface area contributed by atoms with E-state index in [2.05, 4.69) is 5.32 Å². The second-order valence-electron chi connectivity index (χ2n) is 10.1. The van der Waals surface area contributed by atoms with Crippen LogP contribution in [0.5, 0.6) is 17.2 Å². The molecule has 0 saturated carbocycles. The molecule has 3 aromatic carbocycles. The van der Waals surface area contributed by atoms with Crippen molar-refractivity contribution in [3.05, 3.63) is 78.1 Å². The van der Waals surface area contributed by atoms with Crippen molar-refractivity contribution in [2.24, 2.45) is 0 Å². The number of benzene rings is 3. The second-order valence-corrected chi connectivity index (χ2v) is 12.0. The zero-order valence-electron chi connectivity index (χ0n) is 25.9. The van der Waals surface area contributed by atoms with E-state index < -0.39 is 34.3 Å². The van der Waals surface area contributed by atoms with Crippen molar-refractivity contribution >= 4 is 27.5 Å². The van der Waals surface area contributed by atoms with Gasteiger partial charge in [-0.05, 0) is 73.9 Å². The summed E-state index contributed by atoms with van der Waals surface area (Å²) >= 11 is 0. The van der Waals surface area contributed by atoms with Crippen LogP contribution in [0, 0.1) is 5.82 Å². The molecule has 0 spiro atoms. The molecular weight excluding hydrogens is 589 g/mol. The molecule has 0 aliphatic rings. The maximum Gasteiger partial charge on any atom is 0.264 e. The van der Waals surface area contributed by atoms with E-state index in [1.54, 1.807) is 38.3 Å². The smallest absolute Gasteiger partial charge is 0.264 e. The number of rotatable bonds is 15. The Morgan fingerprint density at radius 3 is 2.05 bits per heavy atom. The number of carbonyl (C=O) groups excluding carboxylic acids is 2. The zero-order chi connectivity index (χ0) is 32.4. The number of nitrogens with one attached hydrogen (secondary N) is 1. The SMILES string of the molecule is CC[C@@H](C)NC(=O)[C@H](CC)N(Cc1ccc(OC)cc1)C(=O)CN(c1ccc(F)cc1)S(=O)(=O)c1ccc(OC)c(OC)c1. The minimum atomic E-state index is -4.40. The molecule has 0 aliphatic heterocycles. The molecule has 2 atom stereocenters. The van der Waals surface area contributed by atoms with Crippen molar-refractivity contribution in [3.8, 4) is 17.2 Å². The summed E-state index contributed by atoms with van der Waals surface area (Å²) in [6.45, 7) is 4.96. The first kappa shape index (κ1) is 34.2. The molecule has 0 bridgehead atoms. The Morgan fingerprint density at radius 1 is 0.864 bits per heavy atom. The number of hydrogen-bond acceptors (Lipinski definition) is 7. The number of anilines is 1. The highest BCUT2D eigenvalue weighted by Crippen LogP contribution is 2.32. The number of carbonyl (C=O) groups is 2. The molecule has 10 nitrogen and oxygen atoms in total. The predicted molar refractivity (Wildman–Crippen MR) is 166 cm³/mol. The highest BCUT2D eigenvalue weighted by Gasteiger charge is 2.34. The maximum absolute atomic E-state index is 14.2. The molecule has 0 saturated heterocycles. The van der Waals surface area contributed by atoms with E-state index in [0.29, 0.717) is 23.5 Å². The van der Waals surface area contributed by atoms with E-state index in [4.69, 9.17) is 14.2 Å². The molecule has 238 valence electrons. The summed E-state index contributed by atoms with van der Waals surface area (Å²) in [7, 11) is -0.0562. The average Bonchev–Trinajstić information content (AvgIpc) is 3.03. The Balaban J connectivity index is 2.09. The minimum Gasteiger partial charge on any atom is -0.497 e. The minimum absolute atomic E-state index is 0.0307. The summed E-state index contributed by atoms with van der Waals surface area (Å²) in [5.74, 6) is -0.429. The van der Waals surface area contributed by atoms with Crippen molar-refractivity contribution in [1.29, 1.82) is 0 Å². The van der Waals surface area contributed by atoms with Gasteiger partial charge in [0, 0.05) is 18.7 Å². The van der Waals surface area contributed by atoms with Crippen LogP contribution in [-0.4, -0.2) is 65.1 Å². The fourth-order valence-electron chi connectivity index (χ4n) is 4.53. The molecular formula is C32H40FN3O7S. The van der Waals surface area contributed by atoms with Crippen LogP contribution in [0.2, 0.25) is 0 Å². The number of ether oxygens (including phenoxy) is 3. The topological polar surface area (TPSA) is 114 Å². The van der Waals surface area contributed by atoms with Gasteiger partial charge in [-0.2, -0.15) is 0 Å². The average molecular weight is 630 g/mol. The number of nitrogens with zero attached hydrogens (tertiary/aromatic N) is 2. The van der Waals surface area contributed by atoms with Crippen LogP contribution < -0.4 is 23.8 Å². The lowest BCUT2D eigenvalue weighted by Crippen LogP contribution is -2.53. The Morgan fingerprint density at radius 2 is 1.50 bits per heavy atom. The molecule has 0 radical (unpaired) electrons. The summed E-state index contributed by atoms with van der Waals surface area (Å²) < 4.78 is 58.8. The summed E-state index contributed by atoms with van der Waals surface area (Å²) in [5.41, 5.74) is 0.779. The van der Waals surface area contributed by atoms with Crippen molar-refractivity contribution in [2.45, 2.75) is 57.1 Å². The molecule has 2 amide bonds. The number of hydrogen-bond donors (Lipinski definition) is 1. The zero-order valence-corrected chi connectivity index (χ0v) is 26.7. The highest BCUT2D eigenvalue weighted by molar-refractivity contribution is 7.92. The Hall–Kier alpha value is -4.32. The lowest BCUT2D eigenvalue weighted by Gasteiger charge is -2.33. The van der Waals surface area contributed by atoms with E-state index in [-0.39, 0.29) is 41.2 Å². The summed E-state index contributed by atoms with van der Waals surface area (Å²) in [6, 6.07) is 14.9. The lowest BCUT2D eigenvalue weighted by molar-refractivity contribution is -0.140. The van der Waals surface area contributed by atoms with Crippen LogP contribution in [0.15, 0.2) is 71.6 Å². The van der Waals surface area contributed by atoms with E-state index in [0.717, 1.165) is 16.4 Å². The van der Waals surface area contributed by atoms with E-state index >= 15 is 0 Å². The standard InChI is InChI=1S/C32H40FN3O7S/c1-7-22(3)34-32(38)28(8-2)35(20-23-9-15-26(41-4)16-10-23)31(37)21-36(25-13-11-24(33)12-14-25)44(39,40)27-17-18-29(42-5)30(19-27)43-6/h9-19,22,28H,7-8,20-21H2,1-6H3,(H,34,38)/t22-,28+/m1/s1. The van der Waals surface area contributed by atoms with Gasteiger partial charge in [-0.3, -0.25) is 13.9 Å². The van der Waals surface area contributed by atoms with Crippen molar-refractivity contribution in [1.82, 2.24) is 10.2 Å². The van der Waals surface area contributed by atoms with Gasteiger partial charge in [0.05, 0.1) is 31.9 Å². The molecule has 0 aliphatic carbocycles. The van der Waals surface area contributed by atoms with Gasteiger partial charge >= 0.3 is 0 Å². The molecule has 3 rings (SSSR count). The molecule has 44 heavy (non-hydrogen) atoms. The summed E-state index contributed by atoms with van der Waals surface area (Å²) in [5, 5.41) is 2.94. The maximum atomic E-state index is 14.2. The Kier molecular flexibility index (Phi) is 12.0. The van der Waals surface area contributed by atoms with Gasteiger partial charge in [0.15, 0.2) is 11.5 Å². The van der Waals surface area contributed by atoms with Gasteiger partial charge in [0.2, 0.25) is 11.8 Å². The first-order chi connectivity index (χ1) is 21.0. The second kappa shape index (κ2) is 15.4. The summed E-state index contributed by atoms with van der Waals surface area (Å²) in [4.78, 5) is 28.8. The number of amides is 2. The van der Waals surface area contributed by atoms with Crippen LogP contribution in [0.1, 0.15) is 39.2 Å². The van der Waals surface area contributed by atoms with Gasteiger partial charge in [-0.15, -0.1) is 0 Å².